The summed E-state index contributed by atoms with van der Waals surface area (Å²) in [7, 11) is 0. The number of nitrogens with one attached hydrogen (secondary N) is 1. The van der Waals surface area contributed by atoms with Gasteiger partial charge in [0.2, 0.25) is 0 Å². The molecule has 1 amide bonds. The van der Waals surface area contributed by atoms with Gasteiger partial charge in [0.15, 0.2) is 0 Å². The SMILES string of the molecule is CCCOc1ccc(C=Nc2sc3c(c2C(=O)Nc2ccccc2)CC[C@@H](C(C)(C)C)C3)cc1. The second-order valence-corrected chi connectivity index (χ2v) is 11.1. The summed E-state index contributed by atoms with van der Waals surface area (Å²) in [4.78, 5) is 19.5. The number of ether oxygens (including phenoxy) is 1. The van der Waals surface area contributed by atoms with Gasteiger partial charge in [-0.1, -0.05) is 45.9 Å². The van der Waals surface area contributed by atoms with Crippen LogP contribution in [0.2, 0.25) is 0 Å². The number of carbonyl (C=O) groups is 1. The van der Waals surface area contributed by atoms with E-state index in [1.54, 1.807) is 11.3 Å². The number of amides is 1. The van der Waals surface area contributed by atoms with E-state index in [1.807, 2.05) is 60.8 Å². The zero-order chi connectivity index (χ0) is 24.1. The summed E-state index contributed by atoms with van der Waals surface area (Å²) >= 11 is 1.67. The fourth-order valence-electron chi connectivity index (χ4n) is 4.35. The largest absolute Gasteiger partial charge is 0.494 e. The zero-order valence-corrected chi connectivity index (χ0v) is 21.4. The molecule has 1 aromatic heterocycles. The Morgan fingerprint density at radius 2 is 1.88 bits per heavy atom. The van der Waals surface area contributed by atoms with Crippen molar-refractivity contribution in [3.05, 3.63) is 76.2 Å². The summed E-state index contributed by atoms with van der Waals surface area (Å²) < 4.78 is 5.68. The van der Waals surface area contributed by atoms with E-state index in [2.05, 4.69) is 33.0 Å². The first-order chi connectivity index (χ1) is 16.3. The number of hydrogen-bond acceptors (Lipinski definition) is 4. The molecule has 0 aliphatic heterocycles. The molecule has 5 heteroatoms. The summed E-state index contributed by atoms with van der Waals surface area (Å²) in [6.45, 7) is 9.74. The molecule has 4 nitrogen and oxygen atoms in total. The second kappa shape index (κ2) is 10.6. The third-order valence-electron chi connectivity index (χ3n) is 6.41. The molecule has 2 aromatic carbocycles. The summed E-state index contributed by atoms with van der Waals surface area (Å²) in [6, 6.07) is 17.6. The Morgan fingerprint density at radius 1 is 1.15 bits per heavy atom. The molecule has 178 valence electrons. The van der Waals surface area contributed by atoms with Crippen molar-refractivity contribution in [2.24, 2.45) is 16.3 Å². The van der Waals surface area contributed by atoms with Gasteiger partial charge >= 0.3 is 0 Å². The average Bonchev–Trinajstić information content (AvgIpc) is 3.20. The molecule has 0 fully saturated rings. The Kier molecular flexibility index (Phi) is 7.52. The van der Waals surface area contributed by atoms with Gasteiger partial charge in [-0.05, 0) is 84.5 Å². The maximum atomic E-state index is 13.4. The summed E-state index contributed by atoms with van der Waals surface area (Å²) in [6.07, 6.45) is 5.86. The van der Waals surface area contributed by atoms with Crippen molar-refractivity contribution in [1.82, 2.24) is 0 Å². The Balaban J connectivity index is 1.63. The number of anilines is 1. The van der Waals surface area contributed by atoms with Crippen LogP contribution in [0.3, 0.4) is 0 Å². The van der Waals surface area contributed by atoms with Gasteiger partial charge in [-0.3, -0.25) is 4.79 Å². The van der Waals surface area contributed by atoms with Crippen molar-refractivity contribution in [3.8, 4) is 5.75 Å². The number of para-hydroxylation sites is 1. The topological polar surface area (TPSA) is 50.7 Å². The van der Waals surface area contributed by atoms with Gasteiger partial charge in [-0.15, -0.1) is 11.3 Å². The fraction of sp³-hybridized carbons (Fsp3) is 0.379. The van der Waals surface area contributed by atoms with Crippen molar-refractivity contribution in [2.45, 2.75) is 53.4 Å². The number of fused-ring (bicyclic) bond motifs is 1. The Bertz CT molecular complexity index is 1140. The maximum absolute atomic E-state index is 13.4. The quantitative estimate of drug-likeness (QED) is 0.357. The molecule has 3 aromatic rings. The molecule has 0 unspecified atom stereocenters. The minimum atomic E-state index is -0.0756. The summed E-state index contributed by atoms with van der Waals surface area (Å²) in [5.74, 6) is 1.39. The van der Waals surface area contributed by atoms with Gasteiger partial charge in [-0.25, -0.2) is 4.99 Å². The lowest BCUT2D eigenvalue weighted by Gasteiger charge is -2.33. The molecule has 1 aliphatic rings. The maximum Gasteiger partial charge on any atom is 0.259 e. The zero-order valence-electron chi connectivity index (χ0n) is 20.6. The highest BCUT2D eigenvalue weighted by Gasteiger charge is 2.33. The van der Waals surface area contributed by atoms with Gasteiger partial charge in [-0.2, -0.15) is 0 Å². The number of rotatable bonds is 7. The smallest absolute Gasteiger partial charge is 0.259 e. The van der Waals surface area contributed by atoms with Gasteiger partial charge < -0.3 is 10.1 Å². The molecule has 0 bridgehead atoms. The van der Waals surface area contributed by atoms with E-state index in [0.717, 1.165) is 53.2 Å². The summed E-state index contributed by atoms with van der Waals surface area (Å²) in [5, 5.41) is 3.87. The van der Waals surface area contributed by atoms with Gasteiger partial charge in [0, 0.05) is 16.8 Å². The van der Waals surface area contributed by atoms with Crippen molar-refractivity contribution < 1.29 is 9.53 Å². The molecule has 1 aliphatic carbocycles. The number of hydrogen-bond donors (Lipinski definition) is 1. The Labute approximate surface area is 207 Å². The number of aliphatic imine (C=N–C) groups is 1. The van der Waals surface area contributed by atoms with Crippen LogP contribution in [0, 0.1) is 11.3 Å². The Morgan fingerprint density at radius 3 is 2.56 bits per heavy atom. The van der Waals surface area contributed by atoms with E-state index in [1.165, 1.54) is 10.4 Å². The summed E-state index contributed by atoms with van der Waals surface area (Å²) in [5.41, 5.74) is 3.94. The number of carbonyl (C=O) groups excluding carboxylic acids is 1. The molecular weight excluding hydrogens is 440 g/mol. The molecule has 1 heterocycles. The van der Waals surface area contributed by atoms with Crippen LogP contribution in [0.4, 0.5) is 10.7 Å². The van der Waals surface area contributed by atoms with Crippen LogP contribution in [0.15, 0.2) is 59.6 Å². The molecule has 0 spiro atoms. The van der Waals surface area contributed by atoms with Gasteiger partial charge in [0.05, 0.1) is 12.2 Å². The lowest BCUT2D eigenvalue weighted by molar-refractivity contribution is 0.102. The predicted octanol–water partition coefficient (Wildman–Crippen LogP) is 7.69. The lowest BCUT2D eigenvalue weighted by atomic mass is 9.72. The molecule has 0 saturated heterocycles. The normalized spacial score (nSPS) is 15.8. The van der Waals surface area contributed by atoms with E-state index in [0.29, 0.717) is 12.5 Å². The van der Waals surface area contributed by atoms with Gasteiger partial charge in [0.1, 0.15) is 10.8 Å². The van der Waals surface area contributed by atoms with Crippen LogP contribution < -0.4 is 10.1 Å². The van der Waals surface area contributed by atoms with Crippen LogP contribution in [-0.2, 0) is 12.8 Å². The lowest BCUT2D eigenvalue weighted by Crippen LogP contribution is -2.27. The molecule has 34 heavy (non-hydrogen) atoms. The third-order valence-corrected chi connectivity index (χ3v) is 7.58. The van der Waals surface area contributed by atoms with E-state index >= 15 is 0 Å². The van der Waals surface area contributed by atoms with Crippen LogP contribution >= 0.6 is 11.3 Å². The van der Waals surface area contributed by atoms with Crippen LogP contribution in [-0.4, -0.2) is 18.7 Å². The third kappa shape index (κ3) is 5.76. The first kappa shape index (κ1) is 24.2. The van der Waals surface area contributed by atoms with Crippen molar-refractivity contribution in [2.75, 3.05) is 11.9 Å². The molecule has 4 rings (SSSR count). The predicted molar refractivity (Wildman–Crippen MR) is 143 cm³/mol. The highest BCUT2D eigenvalue weighted by Crippen LogP contribution is 2.45. The average molecular weight is 475 g/mol. The van der Waals surface area contributed by atoms with Crippen LogP contribution in [0.25, 0.3) is 0 Å². The van der Waals surface area contributed by atoms with Crippen molar-refractivity contribution in [1.29, 1.82) is 0 Å². The first-order valence-corrected chi connectivity index (χ1v) is 12.9. The van der Waals surface area contributed by atoms with E-state index < -0.39 is 0 Å². The highest BCUT2D eigenvalue weighted by molar-refractivity contribution is 7.16. The molecular formula is C29H34N2O2S. The number of nitrogens with zero attached hydrogens (tertiary/aromatic N) is 1. The van der Waals surface area contributed by atoms with E-state index in [9.17, 15) is 4.79 Å². The Hall–Kier alpha value is -2.92. The van der Waals surface area contributed by atoms with Crippen LogP contribution in [0.5, 0.6) is 5.75 Å². The number of thiophene rings is 1. The van der Waals surface area contributed by atoms with Crippen LogP contribution in [0.1, 0.15) is 66.9 Å². The standard InChI is InChI=1S/C29H34N2O2S/c1-5-17-33-23-14-11-20(12-15-23)19-30-28-26(27(32)31-22-9-7-6-8-10-22)24-16-13-21(29(2,3)4)18-25(24)34-28/h6-12,14-15,19,21H,5,13,16-18H2,1-4H3,(H,31,32)/t21-/m1/s1. The minimum absolute atomic E-state index is 0.0756. The van der Waals surface area contributed by atoms with E-state index in [4.69, 9.17) is 9.73 Å². The van der Waals surface area contributed by atoms with Gasteiger partial charge in [0.25, 0.3) is 5.91 Å². The number of benzene rings is 2. The first-order valence-electron chi connectivity index (χ1n) is 12.1. The van der Waals surface area contributed by atoms with E-state index in [-0.39, 0.29) is 11.3 Å². The second-order valence-electron chi connectivity index (χ2n) is 9.99. The highest BCUT2D eigenvalue weighted by atomic mass is 32.1. The monoisotopic (exact) mass is 474 g/mol. The molecule has 1 N–H and O–H groups in total. The molecule has 0 radical (unpaired) electrons. The van der Waals surface area contributed by atoms with Crippen molar-refractivity contribution >= 4 is 34.1 Å². The minimum Gasteiger partial charge on any atom is -0.494 e. The fourth-order valence-corrected chi connectivity index (χ4v) is 5.62. The molecule has 1 atom stereocenters. The molecule has 0 saturated carbocycles. The van der Waals surface area contributed by atoms with Crippen molar-refractivity contribution in [3.63, 3.8) is 0 Å².